The molecule has 0 spiro atoms. The van der Waals surface area contributed by atoms with Crippen LogP contribution in [0.5, 0.6) is 0 Å². The smallest absolute Gasteiger partial charge is 0.0802 e. The Hall–Kier alpha value is -1.10. The summed E-state index contributed by atoms with van der Waals surface area (Å²) in [4.78, 5) is 10.1. The molecule has 0 saturated carbocycles. The highest BCUT2D eigenvalue weighted by molar-refractivity contribution is 5.85. The monoisotopic (exact) mass is 274 g/mol. The Morgan fingerprint density at radius 2 is 1.72 bits per heavy atom. The van der Waals surface area contributed by atoms with Crippen molar-refractivity contribution in [1.82, 2.24) is 0 Å². The molecule has 0 fully saturated rings. The number of aliphatic hydroxyl groups is 1. The van der Waals surface area contributed by atoms with Crippen molar-refractivity contribution in [3.8, 4) is 0 Å². The Morgan fingerprint density at radius 3 is 1.94 bits per heavy atom. The summed E-state index contributed by atoms with van der Waals surface area (Å²) in [6.07, 6.45) is 0.906. The molecule has 5 heteroatoms. The number of carboxylic acid groups (broad SMARTS) is 1. The first kappa shape index (κ1) is 19.2. The third-order valence-electron chi connectivity index (χ3n) is 2.00. The lowest BCUT2D eigenvalue weighted by atomic mass is 10.2. The van der Waals surface area contributed by atoms with E-state index in [2.05, 4.69) is 21.1 Å². The van der Waals surface area contributed by atoms with E-state index >= 15 is 0 Å². The van der Waals surface area contributed by atoms with Crippen LogP contribution in [0, 0.1) is 0 Å². The molecule has 0 radical (unpaired) electrons. The molecule has 0 saturated heterocycles. The van der Waals surface area contributed by atoms with Crippen LogP contribution in [0.4, 0.5) is 0 Å². The largest absolute Gasteiger partial charge is 1.00 e. The molecule has 0 amide bonds. The Morgan fingerprint density at radius 1 is 1.22 bits per heavy atom. The molecule has 0 heterocycles. The summed E-state index contributed by atoms with van der Waals surface area (Å²) < 4.78 is 0.945. The third-order valence-corrected chi connectivity index (χ3v) is 2.00. The minimum absolute atomic E-state index is 0. The zero-order chi connectivity index (χ0) is 13.3. The van der Waals surface area contributed by atoms with Crippen LogP contribution in [0.1, 0.15) is 16.8 Å². The predicted octanol–water partition coefficient (Wildman–Crippen LogP) is -2.87. The summed E-state index contributed by atoms with van der Waals surface area (Å²) in [6, 6.07) is 8.06. The molecule has 0 bridgehead atoms. The third kappa shape index (κ3) is 11.4. The normalized spacial score (nSPS) is 9.78. The standard InChI is InChI=1S/C7H6O2.C6H16NO.ClH/c8-7(9)6-4-2-1-3-5-6;1-7(2,3)5-4-6-8;/h1-5H,(H,8,9);8H,4-6H2,1-3H3;1H/q;+1;/p-2. The second-order valence-electron chi connectivity index (χ2n) is 4.74. The number of carbonyl (C=O) groups excluding carboxylic acids is 1. The van der Waals surface area contributed by atoms with E-state index in [-0.39, 0.29) is 18.0 Å². The van der Waals surface area contributed by atoms with Gasteiger partial charge in [-0.05, 0) is 5.56 Å². The summed E-state index contributed by atoms with van der Waals surface area (Å²) in [5.74, 6) is -1.13. The second-order valence-corrected chi connectivity index (χ2v) is 4.74. The summed E-state index contributed by atoms with van der Waals surface area (Å²) in [5.41, 5.74) is 0.220. The van der Waals surface area contributed by atoms with E-state index in [4.69, 9.17) is 5.11 Å². The van der Waals surface area contributed by atoms with Crippen molar-refractivity contribution in [2.75, 3.05) is 34.3 Å². The van der Waals surface area contributed by atoms with Gasteiger partial charge < -0.3 is 31.9 Å². The lowest BCUT2D eigenvalue weighted by Crippen LogP contribution is -3.00. The van der Waals surface area contributed by atoms with Gasteiger partial charge in [0.2, 0.25) is 0 Å². The lowest BCUT2D eigenvalue weighted by molar-refractivity contribution is -0.870. The zero-order valence-electron chi connectivity index (χ0n) is 11.1. The van der Waals surface area contributed by atoms with Crippen LogP contribution < -0.4 is 17.5 Å². The number of halogens is 1. The van der Waals surface area contributed by atoms with Crippen LogP contribution in [-0.2, 0) is 0 Å². The van der Waals surface area contributed by atoms with Crippen molar-refractivity contribution in [3.63, 3.8) is 0 Å². The number of aliphatic hydroxyl groups excluding tert-OH is 1. The number of hydrogen-bond donors (Lipinski definition) is 1. The minimum atomic E-state index is -1.13. The van der Waals surface area contributed by atoms with E-state index in [1.165, 1.54) is 12.1 Å². The van der Waals surface area contributed by atoms with Crippen molar-refractivity contribution in [2.24, 2.45) is 0 Å². The van der Waals surface area contributed by atoms with Crippen LogP contribution in [0.15, 0.2) is 30.3 Å². The van der Waals surface area contributed by atoms with Crippen molar-refractivity contribution in [2.45, 2.75) is 6.42 Å². The molecule has 1 aromatic rings. The lowest BCUT2D eigenvalue weighted by Gasteiger charge is -2.22. The van der Waals surface area contributed by atoms with Gasteiger partial charge in [-0.15, -0.1) is 0 Å². The fraction of sp³-hybridized carbons (Fsp3) is 0.462. The quantitative estimate of drug-likeness (QED) is 0.601. The average Bonchev–Trinajstić information content (AvgIpc) is 2.27. The highest BCUT2D eigenvalue weighted by Gasteiger charge is 2.03. The number of carbonyl (C=O) groups is 1. The van der Waals surface area contributed by atoms with Crippen molar-refractivity contribution in [1.29, 1.82) is 0 Å². The molecular formula is C13H21ClNO3-. The molecule has 1 rings (SSSR count). The topological polar surface area (TPSA) is 60.4 Å². The summed E-state index contributed by atoms with van der Waals surface area (Å²) in [6.45, 7) is 1.37. The van der Waals surface area contributed by atoms with Crippen molar-refractivity contribution < 1.29 is 31.9 Å². The number of carboxylic acids is 1. The van der Waals surface area contributed by atoms with Crippen LogP contribution in [0.3, 0.4) is 0 Å². The van der Waals surface area contributed by atoms with Crippen LogP contribution >= 0.6 is 0 Å². The number of rotatable bonds is 4. The molecule has 0 aliphatic rings. The van der Waals surface area contributed by atoms with Crippen LogP contribution in [0.2, 0.25) is 0 Å². The molecule has 1 aromatic carbocycles. The Balaban J connectivity index is 0. The van der Waals surface area contributed by atoms with E-state index in [9.17, 15) is 9.90 Å². The fourth-order valence-electron chi connectivity index (χ4n) is 1.12. The minimum Gasteiger partial charge on any atom is -1.00 e. The van der Waals surface area contributed by atoms with Gasteiger partial charge in [0.25, 0.3) is 0 Å². The summed E-state index contributed by atoms with van der Waals surface area (Å²) in [5, 5.41) is 18.5. The molecule has 4 nitrogen and oxygen atoms in total. The molecule has 0 aliphatic carbocycles. The van der Waals surface area contributed by atoms with Gasteiger partial charge >= 0.3 is 0 Å². The molecule has 0 atom stereocenters. The zero-order valence-corrected chi connectivity index (χ0v) is 11.9. The first-order valence-corrected chi connectivity index (χ1v) is 5.54. The van der Waals surface area contributed by atoms with E-state index in [0.29, 0.717) is 6.61 Å². The first-order valence-electron chi connectivity index (χ1n) is 5.54. The highest BCUT2D eigenvalue weighted by atomic mass is 35.5. The molecule has 104 valence electrons. The van der Waals surface area contributed by atoms with E-state index in [0.717, 1.165) is 17.4 Å². The number of nitrogens with zero attached hydrogens (tertiary/aromatic N) is 1. The van der Waals surface area contributed by atoms with Gasteiger partial charge in [0.1, 0.15) is 0 Å². The van der Waals surface area contributed by atoms with Gasteiger partial charge in [0, 0.05) is 13.0 Å². The molecule has 18 heavy (non-hydrogen) atoms. The van der Waals surface area contributed by atoms with E-state index < -0.39 is 5.97 Å². The number of hydrogen-bond acceptors (Lipinski definition) is 3. The van der Waals surface area contributed by atoms with E-state index in [1.54, 1.807) is 18.2 Å². The number of quaternary nitrogens is 1. The summed E-state index contributed by atoms with van der Waals surface area (Å²) in [7, 11) is 6.36. The first-order chi connectivity index (χ1) is 7.87. The van der Waals surface area contributed by atoms with Gasteiger partial charge in [-0.1, -0.05) is 30.3 Å². The predicted molar refractivity (Wildman–Crippen MR) is 65.4 cm³/mol. The van der Waals surface area contributed by atoms with Gasteiger partial charge in [0.05, 0.1) is 33.7 Å². The maximum Gasteiger partial charge on any atom is 0.0802 e. The Bertz CT molecular complexity index is 323. The second kappa shape index (κ2) is 9.88. The van der Waals surface area contributed by atoms with Crippen molar-refractivity contribution >= 4 is 5.97 Å². The Labute approximate surface area is 115 Å². The van der Waals surface area contributed by atoms with Crippen LogP contribution in [-0.4, -0.2) is 49.9 Å². The number of benzene rings is 1. The van der Waals surface area contributed by atoms with Gasteiger partial charge in [-0.3, -0.25) is 0 Å². The fourth-order valence-corrected chi connectivity index (χ4v) is 1.12. The van der Waals surface area contributed by atoms with Crippen LogP contribution in [0.25, 0.3) is 0 Å². The molecule has 0 aromatic heterocycles. The average molecular weight is 275 g/mol. The summed E-state index contributed by atoms with van der Waals surface area (Å²) >= 11 is 0. The molecule has 0 unspecified atom stereocenters. The van der Waals surface area contributed by atoms with Gasteiger partial charge in [-0.25, -0.2) is 0 Å². The van der Waals surface area contributed by atoms with Gasteiger partial charge in [0.15, 0.2) is 0 Å². The van der Waals surface area contributed by atoms with Crippen molar-refractivity contribution in [3.05, 3.63) is 35.9 Å². The van der Waals surface area contributed by atoms with Gasteiger partial charge in [-0.2, -0.15) is 0 Å². The molecule has 0 aliphatic heterocycles. The maximum atomic E-state index is 10.1. The number of aromatic carboxylic acids is 1. The van der Waals surface area contributed by atoms with E-state index in [1.807, 2.05) is 0 Å². The molecule has 1 N–H and O–H groups in total. The SMILES string of the molecule is C[N+](C)(C)CCCO.O=C([O-])c1ccccc1.[Cl-]. The highest BCUT2D eigenvalue weighted by Crippen LogP contribution is 1.94. The maximum absolute atomic E-state index is 10.1. The Kier molecular flexibility index (Phi) is 10.6. The molecular weight excluding hydrogens is 254 g/mol.